The summed E-state index contributed by atoms with van der Waals surface area (Å²) in [5.74, 6) is 0. The summed E-state index contributed by atoms with van der Waals surface area (Å²) in [6, 6.07) is -0.833. The van der Waals surface area contributed by atoms with E-state index < -0.39 is 12.3 Å². The summed E-state index contributed by atoms with van der Waals surface area (Å²) in [4.78, 5) is 18.7. The Balaban J connectivity index is 0. The number of primary amides is 2. The fourth-order valence-electron chi connectivity index (χ4n) is 0.207. The predicted molar refractivity (Wildman–Crippen MR) is 37.6 cm³/mol. The Morgan fingerprint density at radius 1 is 1.36 bits per heavy atom. The summed E-state index contributed by atoms with van der Waals surface area (Å²) in [5.41, 5.74) is 8.50. The minimum absolute atomic E-state index is 0.583. The molecule has 0 spiro atoms. The fraction of sp³-hybridized carbons (Fsp3) is 0.600. The molecule has 0 aliphatic heterocycles. The Hall–Kier alpha value is -1.14. The Kier molecular flexibility index (Phi) is 10.1. The number of hydrogen-bond donors (Lipinski definition) is 2. The van der Waals surface area contributed by atoms with Crippen LogP contribution in [0.5, 0.6) is 0 Å². The summed E-state index contributed by atoms with van der Waals surface area (Å²) in [6.45, 7) is 0. The van der Waals surface area contributed by atoms with Crippen molar-refractivity contribution in [1.82, 2.24) is 0 Å². The quantitative estimate of drug-likeness (QED) is 0.405. The molecule has 0 aliphatic carbocycles. The van der Waals surface area contributed by atoms with Crippen molar-refractivity contribution in [2.75, 3.05) is 14.2 Å². The number of amides is 2. The molecule has 6 heteroatoms. The van der Waals surface area contributed by atoms with Gasteiger partial charge in [0.1, 0.15) is 0 Å². The van der Waals surface area contributed by atoms with Crippen LogP contribution in [-0.2, 0) is 14.3 Å². The molecule has 0 saturated heterocycles. The first kappa shape index (κ1) is 12.5. The van der Waals surface area contributed by atoms with Gasteiger partial charge in [-0.05, 0) is 0 Å². The molecule has 0 aliphatic rings. The van der Waals surface area contributed by atoms with E-state index >= 15 is 0 Å². The maximum atomic E-state index is 9.72. The zero-order valence-electron chi connectivity index (χ0n) is 6.44. The molecular formula is C5H12N2O4. The number of rotatable bonds is 3. The third-order valence-electron chi connectivity index (χ3n) is 0.576. The number of carbonyl (C=O) groups is 2. The number of methoxy groups -OCH3 is 2. The van der Waals surface area contributed by atoms with Gasteiger partial charge in [-0.3, -0.25) is 4.79 Å². The predicted octanol–water partition coefficient (Wildman–Crippen LogP) is -1.17. The first-order valence-electron chi connectivity index (χ1n) is 2.64. The number of aldehydes is 1. The van der Waals surface area contributed by atoms with Gasteiger partial charge in [0.15, 0.2) is 6.29 Å². The molecule has 0 unspecified atom stereocenters. The van der Waals surface area contributed by atoms with E-state index in [0.29, 0.717) is 6.29 Å². The third-order valence-corrected chi connectivity index (χ3v) is 0.576. The maximum Gasteiger partial charge on any atom is 0.309 e. The third kappa shape index (κ3) is 17.7. The van der Waals surface area contributed by atoms with E-state index in [1.807, 2.05) is 0 Å². The molecule has 0 bridgehead atoms. The molecular weight excluding hydrogens is 152 g/mol. The zero-order chi connectivity index (χ0) is 9.28. The molecule has 0 aromatic carbocycles. The van der Waals surface area contributed by atoms with Crippen LogP contribution in [0.4, 0.5) is 4.79 Å². The summed E-state index contributed by atoms with van der Waals surface area (Å²) in [5, 5.41) is 0. The van der Waals surface area contributed by atoms with E-state index in [0.717, 1.165) is 0 Å². The van der Waals surface area contributed by atoms with Gasteiger partial charge >= 0.3 is 6.03 Å². The van der Waals surface area contributed by atoms with Crippen LogP contribution in [0.3, 0.4) is 0 Å². The Labute approximate surface area is 64.4 Å². The van der Waals surface area contributed by atoms with Crippen LogP contribution < -0.4 is 11.5 Å². The number of nitrogens with two attached hydrogens (primary N) is 2. The SMILES string of the molecule is COC(C=O)OC.NC(N)=O. The van der Waals surface area contributed by atoms with Gasteiger partial charge in [-0.1, -0.05) is 0 Å². The fourth-order valence-corrected chi connectivity index (χ4v) is 0.207. The molecule has 0 heterocycles. The monoisotopic (exact) mass is 164 g/mol. The largest absolute Gasteiger partial charge is 0.352 e. The van der Waals surface area contributed by atoms with Gasteiger partial charge in [-0.15, -0.1) is 0 Å². The second kappa shape index (κ2) is 8.86. The van der Waals surface area contributed by atoms with Crippen molar-refractivity contribution in [3.05, 3.63) is 0 Å². The van der Waals surface area contributed by atoms with E-state index in [1.165, 1.54) is 14.2 Å². The minimum Gasteiger partial charge on any atom is -0.352 e. The molecule has 0 saturated carbocycles. The van der Waals surface area contributed by atoms with Gasteiger partial charge < -0.3 is 20.9 Å². The molecule has 66 valence electrons. The lowest BCUT2D eigenvalue weighted by molar-refractivity contribution is -0.143. The van der Waals surface area contributed by atoms with Crippen molar-refractivity contribution >= 4 is 12.3 Å². The van der Waals surface area contributed by atoms with Crippen LogP contribution in [0, 0.1) is 0 Å². The second-order valence-electron chi connectivity index (χ2n) is 1.38. The number of urea groups is 1. The van der Waals surface area contributed by atoms with Crippen molar-refractivity contribution in [2.45, 2.75) is 6.29 Å². The molecule has 0 radical (unpaired) electrons. The maximum absolute atomic E-state index is 9.72. The van der Waals surface area contributed by atoms with Gasteiger partial charge in [0, 0.05) is 14.2 Å². The molecule has 0 fully saturated rings. The minimum atomic E-state index is -0.833. The van der Waals surface area contributed by atoms with Gasteiger partial charge in [-0.2, -0.15) is 0 Å². The normalized spacial score (nSPS) is 8.27. The second-order valence-corrected chi connectivity index (χ2v) is 1.38. The van der Waals surface area contributed by atoms with Gasteiger partial charge in [0.05, 0.1) is 0 Å². The van der Waals surface area contributed by atoms with E-state index in [4.69, 9.17) is 4.79 Å². The topological polar surface area (TPSA) is 105 Å². The van der Waals surface area contributed by atoms with E-state index in [9.17, 15) is 4.79 Å². The van der Waals surface area contributed by atoms with Crippen LogP contribution in [0.2, 0.25) is 0 Å². The standard InChI is InChI=1S/C4H8O3.CH4N2O/c1-6-4(3-5)7-2;2-1(3)4/h3-4H,1-2H3;(H4,2,3,4). The molecule has 0 rings (SSSR count). The van der Waals surface area contributed by atoms with E-state index in [2.05, 4.69) is 20.9 Å². The molecule has 4 N–H and O–H groups in total. The van der Waals surface area contributed by atoms with Crippen molar-refractivity contribution in [2.24, 2.45) is 11.5 Å². The Morgan fingerprint density at radius 3 is 1.64 bits per heavy atom. The Bertz CT molecular complexity index is 109. The van der Waals surface area contributed by atoms with Crippen molar-refractivity contribution < 1.29 is 19.1 Å². The summed E-state index contributed by atoms with van der Waals surface area (Å²) >= 11 is 0. The van der Waals surface area contributed by atoms with Crippen LogP contribution >= 0.6 is 0 Å². The van der Waals surface area contributed by atoms with Crippen LogP contribution in [0.25, 0.3) is 0 Å². The Morgan fingerprint density at radius 2 is 1.64 bits per heavy atom. The highest BCUT2D eigenvalue weighted by Gasteiger charge is 1.97. The highest BCUT2D eigenvalue weighted by atomic mass is 16.7. The first-order valence-corrected chi connectivity index (χ1v) is 2.64. The highest BCUT2D eigenvalue weighted by molar-refractivity contribution is 5.69. The zero-order valence-corrected chi connectivity index (χ0v) is 6.44. The van der Waals surface area contributed by atoms with Gasteiger partial charge in [0.25, 0.3) is 0 Å². The summed E-state index contributed by atoms with van der Waals surface area (Å²) in [7, 11) is 2.81. The number of carbonyl (C=O) groups excluding carboxylic acids is 2. The van der Waals surface area contributed by atoms with Crippen LogP contribution in [-0.4, -0.2) is 32.8 Å². The average molecular weight is 164 g/mol. The molecule has 2 amide bonds. The first-order chi connectivity index (χ1) is 5.08. The highest BCUT2D eigenvalue weighted by Crippen LogP contribution is 1.80. The van der Waals surface area contributed by atoms with E-state index in [-0.39, 0.29) is 0 Å². The van der Waals surface area contributed by atoms with Crippen LogP contribution in [0.15, 0.2) is 0 Å². The van der Waals surface area contributed by atoms with Crippen molar-refractivity contribution in [1.29, 1.82) is 0 Å². The lowest BCUT2D eigenvalue weighted by Crippen LogP contribution is -2.18. The van der Waals surface area contributed by atoms with Crippen molar-refractivity contribution in [3.8, 4) is 0 Å². The van der Waals surface area contributed by atoms with Gasteiger partial charge in [0.2, 0.25) is 6.29 Å². The summed E-state index contributed by atoms with van der Waals surface area (Å²) < 4.78 is 8.92. The smallest absolute Gasteiger partial charge is 0.309 e. The molecule has 11 heavy (non-hydrogen) atoms. The molecule has 6 nitrogen and oxygen atoms in total. The summed E-state index contributed by atoms with van der Waals surface area (Å²) in [6.07, 6.45) is -0.111. The molecule has 0 atom stereocenters. The van der Waals surface area contributed by atoms with Crippen molar-refractivity contribution in [3.63, 3.8) is 0 Å². The van der Waals surface area contributed by atoms with Gasteiger partial charge in [-0.25, -0.2) is 4.79 Å². The van der Waals surface area contributed by atoms with E-state index in [1.54, 1.807) is 0 Å². The number of ether oxygens (including phenoxy) is 2. The molecule has 0 aromatic rings. The lowest BCUT2D eigenvalue weighted by atomic mass is 10.7. The lowest BCUT2D eigenvalue weighted by Gasteiger charge is -2.01. The molecule has 0 aromatic heterocycles. The number of hydrogen-bond acceptors (Lipinski definition) is 4. The average Bonchev–Trinajstić information content (AvgIpc) is 1.90. The van der Waals surface area contributed by atoms with Crippen LogP contribution in [0.1, 0.15) is 0 Å².